The predicted molar refractivity (Wildman–Crippen MR) is 213 cm³/mol. The van der Waals surface area contributed by atoms with Crippen molar-refractivity contribution < 1.29 is 14.3 Å². The molecule has 0 spiro atoms. The summed E-state index contributed by atoms with van der Waals surface area (Å²) in [5.41, 5.74) is 5.44. The highest BCUT2D eigenvalue weighted by atomic mass is 16.5. The van der Waals surface area contributed by atoms with Gasteiger partial charge in [-0.15, -0.1) is 5.10 Å². The van der Waals surface area contributed by atoms with Gasteiger partial charge in [0.15, 0.2) is 11.5 Å². The molecule has 9 rings (SSSR count). The molecule has 5 aromatic rings. The topological polar surface area (TPSA) is 196 Å². The van der Waals surface area contributed by atoms with E-state index in [0.29, 0.717) is 71.8 Å². The molecule has 296 valence electrons. The lowest BCUT2D eigenvalue weighted by Gasteiger charge is -2.45. The molecule has 1 aliphatic carbocycles. The van der Waals surface area contributed by atoms with Crippen LogP contribution in [0.25, 0.3) is 22.5 Å². The first-order valence-electron chi connectivity index (χ1n) is 20.2. The van der Waals surface area contributed by atoms with Crippen molar-refractivity contribution in [3.63, 3.8) is 0 Å². The molecule has 3 aliphatic heterocycles. The first-order valence-corrected chi connectivity index (χ1v) is 20.2. The molecule has 0 bridgehead atoms. The highest BCUT2D eigenvalue weighted by molar-refractivity contribution is 6.01. The van der Waals surface area contributed by atoms with E-state index in [2.05, 4.69) is 70.1 Å². The van der Waals surface area contributed by atoms with Crippen LogP contribution in [0.15, 0.2) is 61.2 Å². The number of pyridine rings is 2. The molecule has 3 unspecified atom stereocenters. The van der Waals surface area contributed by atoms with Crippen molar-refractivity contribution in [2.75, 3.05) is 43.1 Å². The third kappa shape index (κ3) is 7.37. The Labute approximate surface area is 335 Å². The molecule has 1 aromatic carbocycles. The molecule has 1 saturated carbocycles. The third-order valence-electron chi connectivity index (χ3n) is 12.4. The Morgan fingerprint density at radius 3 is 2.60 bits per heavy atom. The minimum Gasteiger partial charge on any atom is -0.378 e. The molecule has 3 saturated heterocycles. The summed E-state index contributed by atoms with van der Waals surface area (Å²) in [4.78, 5) is 38.3. The fraction of sp³-hybridized carbons (Fsp3) is 0.452. The van der Waals surface area contributed by atoms with Gasteiger partial charge >= 0.3 is 0 Å². The zero-order chi connectivity index (χ0) is 39.8. The molecule has 2 amide bonds. The Kier molecular flexibility index (Phi) is 10.3. The van der Waals surface area contributed by atoms with E-state index in [-0.39, 0.29) is 17.7 Å². The molecule has 0 radical (unpaired) electrons. The number of fused-ring (bicyclic) bond motifs is 2. The quantitative estimate of drug-likeness (QED) is 0.190. The zero-order valence-electron chi connectivity index (χ0n) is 32.4. The number of rotatable bonds is 10. The van der Waals surface area contributed by atoms with Gasteiger partial charge in [-0.2, -0.15) is 20.3 Å². The van der Waals surface area contributed by atoms with E-state index in [1.807, 2.05) is 24.4 Å². The molecular formula is C42H45N13O3. The number of carbonyl (C=O) groups is 2. The average molecular weight is 780 g/mol. The number of hydrogen-bond donors (Lipinski definition) is 2. The predicted octanol–water partition coefficient (Wildman–Crippen LogP) is 4.37. The van der Waals surface area contributed by atoms with Crippen LogP contribution >= 0.6 is 0 Å². The molecule has 7 heterocycles. The fourth-order valence-corrected chi connectivity index (χ4v) is 9.20. The number of benzene rings is 1. The number of aromatic nitrogens is 7. The van der Waals surface area contributed by atoms with E-state index < -0.39 is 6.04 Å². The van der Waals surface area contributed by atoms with Gasteiger partial charge in [0.25, 0.3) is 0 Å². The highest BCUT2D eigenvalue weighted by Crippen LogP contribution is 2.38. The number of amides is 2. The smallest absolute Gasteiger partial charge is 0.234 e. The van der Waals surface area contributed by atoms with Gasteiger partial charge in [0.05, 0.1) is 72.8 Å². The summed E-state index contributed by atoms with van der Waals surface area (Å²) in [6, 6.07) is 16.4. The SMILES string of the molecule is C[C@H](C#N)Nc1cc(-n2ncc3cc(C#N)cnc32)ncc1-n1cc(C2CCC(CCN3CCN(c4ccc(C5CCC(=O)NC5=O)cc4)C4COCC43)CC2)nn1. The van der Waals surface area contributed by atoms with Crippen molar-refractivity contribution >= 4 is 34.2 Å². The molecule has 16 heteroatoms. The number of imide groups is 1. The van der Waals surface area contributed by atoms with E-state index in [1.54, 1.807) is 34.7 Å². The minimum absolute atomic E-state index is 0.191. The van der Waals surface area contributed by atoms with Crippen LogP contribution in [-0.2, 0) is 14.3 Å². The number of carbonyl (C=O) groups excluding carboxylic acids is 2. The standard InChI is InChI=1S/C42H45N13O3/c1-26(18-43)48-34-17-39(55-41-31(21-47-55)16-28(19-44)20-46-41)45-22-36(34)54-23-35(50-51-54)30-4-2-27(3-5-30)12-13-52-14-15-53(38-25-58-24-37(38)52)32-8-6-29(7-9-32)33-10-11-40(56)49-42(33)57/h6-9,16-17,20-23,26-27,30,33,37-38H,2-5,10-15,24-25H2,1H3,(H,45,48)(H,49,56,57)/t26-,27?,30?,33?,37?,38?/m1/s1. The Balaban J connectivity index is 0.806. The van der Waals surface area contributed by atoms with E-state index in [9.17, 15) is 20.1 Å². The van der Waals surface area contributed by atoms with Crippen LogP contribution in [0.5, 0.6) is 0 Å². The number of piperidine rings is 1. The molecule has 4 fully saturated rings. The van der Waals surface area contributed by atoms with Crippen molar-refractivity contribution in [1.29, 1.82) is 10.5 Å². The molecular weight excluding hydrogens is 735 g/mol. The van der Waals surface area contributed by atoms with Crippen molar-refractivity contribution in [3.05, 3.63) is 78.0 Å². The number of nitrogens with zero attached hydrogens (tertiary/aromatic N) is 11. The van der Waals surface area contributed by atoms with E-state index in [0.717, 1.165) is 80.7 Å². The van der Waals surface area contributed by atoms with Crippen LogP contribution in [-0.4, -0.2) is 102 Å². The van der Waals surface area contributed by atoms with Crippen molar-refractivity contribution in [1.82, 2.24) is 45.0 Å². The number of anilines is 2. The second kappa shape index (κ2) is 16.0. The summed E-state index contributed by atoms with van der Waals surface area (Å²) in [7, 11) is 0. The largest absolute Gasteiger partial charge is 0.378 e. The van der Waals surface area contributed by atoms with Crippen LogP contribution in [0.3, 0.4) is 0 Å². The van der Waals surface area contributed by atoms with E-state index >= 15 is 0 Å². The first kappa shape index (κ1) is 37.4. The Hall–Kier alpha value is -6.23. The number of hydrogen-bond acceptors (Lipinski definition) is 13. The maximum absolute atomic E-state index is 12.4. The average Bonchev–Trinajstić information content (AvgIpc) is 4.04. The fourth-order valence-electron chi connectivity index (χ4n) is 9.20. The van der Waals surface area contributed by atoms with Gasteiger partial charge in [0.1, 0.15) is 17.8 Å². The maximum Gasteiger partial charge on any atom is 0.234 e. The van der Waals surface area contributed by atoms with Gasteiger partial charge in [-0.05, 0) is 81.7 Å². The van der Waals surface area contributed by atoms with Crippen LogP contribution < -0.4 is 15.5 Å². The normalized spacial score (nSPS) is 24.2. The summed E-state index contributed by atoms with van der Waals surface area (Å²) < 4.78 is 9.41. The van der Waals surface area contributed by atoms with Crippen LogP contribution in [0.1, 0.15) is 80.5 Å². The number of piperazine rings is 1. The lowest BCUT2D eigenvalue weighted by atomic mass is 9.79. The van der Waals surface area contributed by atoms with Crippen LogP contribution in [0.2, 0.25) is 0 Å². The van der Waals surface area contributed by atoms with Crippen LogP contribution in [0.4, 0.5) is 11.4 Å². The summed E-state index contributed by atoms with van der Waals surface area (Å²) in [6.45, 7) is 6.21. The second-order valence-electron chi connectivity index (χ2n) is 16.0. The van der Waals surface area contributed by atoms with Crippen LogP contribution in [0, 0.1) is 28.6 Å². The van der Waals surface area contributed by atoms with Gasteiger partial charge in [0.2, 0.25) is 11.8 Å². The summed E-state index contributed by atoms with van der Waals surface area (Å²) in [6.07, 6.45) is 13.3. The lowest BCUT2D eigenvalue weighted by Crippen LogP contribution is -2.59. The molecule has 2 N–H and O–H groups in total. The number of nitrogens with one attached hydrogen (secondary N) is 2. The van der Waals surface area contributed by atoms with Gasteiger partial charge in [-0.3, -0.25) is 19.8 Å². The van der Waals surface area contributed by atoms with Crippen molar-refractivity contribution in [3.8, 4) is 23.6 Å². The molecule has 4 aromatic heterocycles. The van der Waals surface area contributed by atoms with E-state index in [1.165, 1.54) is 6.20 Å². The summed E-state index contributed by atoms with van der Waals surface area (Å²) in [5.74, 6) is 0.825. The third-order valence-corrected chi connectivity index (χ3v) is 12.4. The van der Waals surface area contributed by atoms with Crippen molar-refractivity contribution in [2.24, 2.45) is 5.92 Å². The Bertz CT molecular complexity index is 2400. The van der Waals surface area contributed by atoms with Gasteiger partial charge < -0.3 is 15.0 Å². The first-order chi connectivity index (χ1) is 28.3. The number of ether oxygens (including phenoxy) is 1. The molecule has 58 heavy (non-hydrogen) atoms. The molecule has 4 atom stereocenters. The van der Waals surface area contributed by atoms with Gasteiger partial charge in [-0.1, -0.05) is 17.3 Å². The number of nitriles is 2. The summed E-state index contributed by atoms with van der Waals surface area (Å²) >= 11 is 0. The minimum atomic E-state index is -0.472. The maximum atomic E-state index is 12.4. The Morgan fingerprint density at radius 1 is 0.983 bits per heavy atom. The second-order valence-corrected chi connectivity index (χ2v) is 16.0. The zero-order valence-corrected chi connectivity index (χ0v) is 32.4. The summed E-state index contributed by atoms with van der Waals surface area (Å²) in [5, 5.41) is 39.0. The van der Waals surface area contributed by atoms with Crippen molar-refractivity contribution in [2.45, 2.75) is 81.8 Å². The molecule has 16 nitrogen and oxygen atoms in total. The van der Waals surface area contributed by atoms with Gasteiger partial charge in [-0.25, -0.2) is 14.6 Å². The lowest BCUT2D eigenvalue weighted by molar-refractivity contribution is -0.134. The monoisotopic (exact) mass is 779 g/mol. The van der Waals surface area contributed by atoms with Gasteiger partial charge in [0, 0.05) is 48.8 Å². The van der Waals surface area contributed by atoms with E-state index in [4.69, 9.17) is 4.74 Å². The molecule has 4 aliphatic rings. The Morgan fingerprint density at radius 2 is 1.81 bits per heavy atom. The highest BCUT2D eigenvalue weighted by Gasteiger charge is 2.41.